The molecule has 0 spiro atoms. The Morgan fingerprint density at radius 3 is 2.65 bits per heavy atom. The summed E-state index contributed by atoms with van der Waals surface area (Å²) in [6.45, 7) is 3.68. The minimum Gasteiger partial charge on any atom is -0.283 e. The lowest BCUT2D eigenvalue weighted by molar-refractivity contribution is -0.384. The first kappa shape index (κ1) is 16.1. The third-order valence-electron chi connectivity index (χ3n) is 4.32. The summed E-state index contributed by atoms with van der Waals surface area (Å²) in [7, 11) is 0. The third kappa shape index (κ3) is 2.38. The first-order valence-corrected chi connectivity index (χ1v) is 7.93. The Hall–Kier alpha value is -3.42. The zero-order valence-corrected chi connectivity index (χ0v) is 14.0. The lowest BCUT2D eigenvalue weighted by Gasteiger charge is -2.18. The predicted octanol–water partition coefficient (Wildman–Crippen LogP) is 3.40. The minimum absolute atomic E-state index is 0.0953. The molecule has 2 aromatic carbocycles. The molecule has 0 amide bonds. The van der Waals surface area contributed by atoms with Crippen molar-refractivity contribution in [3.05, 3.63) is 81.7 Å². The highest BCUT2D eigenvalue weighted by Crippen LogP contribution is 2.35. The summed E-state index contributed by atoms with van der Waals surface area (Å²) in [4.78, 5) is 15.5. The molecule has 1 aromatic heterocycles. The Morgan fingerprint density at radius 1 is 1.15 bits per heavy atom. The van der Waals surface area contributed by atoms with E-state index in [2.05, 4.69) is 10.2 Å². The maximum atomic E-state index is 14.5. The second-order valence-corrected chi connectivity index (χ2v) is 6.48. The Labute approximate surface area is 148 Å². The maximum Gasteiger partial charge on any atom is 0.270 e. The Kier molecular flexibility index (Phi) is 3.43. The van der Waals surface area contributed by atoms with Crippen LogP contribution in [0.4, 0.5) is 10.1 Å². The van der Waals surface area contributed by atoms with Crippen LogP contribution in [0.15, 0.2) is 53.8 Å². The molecular weight excluding hydrogens is 337 g/mol. The number of halogens is 1. The van der Waals surface area contributed by atoms with E-state index in [1.165, 1.54) is 24.5 Å². The van der Waals surface area contributed by atoms with E-state index < -0.39 is 16.3 Å². The molecule has 7 nitrogen and oxygen atoms in total. The van der Waals surface area contributed by atoms with Gasteiger partial charge in [-0.15, -0.1) is 10.2 Å². The molecule has 4 rings (SSSR count). The van der Waals surface area contributed by atoms with E-state index >= 15 is 0 Å². The average Bonchev–Trinajstić information content (AvgIpc) is 3.07. The van der Waals surface area contributed by atoms with Crippen LogP contribution in [0, 0.1) is 15.9 Å². The zero-order chi connectivity index (χ0) is 18.5. The summed E-state index contributed by atoms with van der Waals surface area (Å²) in [5, 5.41) is 19.4. The van der Waals surface area contributed by atoms with Crippen molar-refractivity contribution in [3.8, 4) is 5.69 Å². The van der Waals surface area contributed by atoms with Crippen molar-refractivity contribution >= 4 is 11.4 Å². The summed E-state index contributed by atoms with van der Waals surface area (Å²) in [6, 6.07) is 10.7. The molecule has 1 aliphatic heterocycles. The van der Waals surface area contributed by atoms with Crippen molar-refractivity contribution in [2.24, 2.45) is 4.99 Å². The van der Waals surface area contributed by atoms with Crippen LogP contribution in [0.5, 0.6) is 0 Å². The highest BCUT2D eigenvalue weighted by molar-refractivity contribution is 6.15. The van der Waals surface area contributed by atoms with Crippen molar-refractivity contribution < 1.29 is 9.31 Å². The molecule has 0 saturated heterocycles. The quantitative estimate of drug-likeness (QED) is 0.523. The molecule has 3 aromatic rings. The number of aliphatic imine (C=N–C) groups is 1. The monoisotopic (exact) mass is 351 g/mol. The van der Waals surface area contributed by atoms with Gasteiger partial charge in [0.05, 0.1) is 16.3 Å². The second-order valence-electron chi connectivity index (χ2n) is 6.48. The predicted molar refractivity (Wildman–Crippen MR) is 93.1 cm³/mol. The number of hydrogen-bond acceptors (Lipinski definition) is 5. The first-order chi connectivity index (χ1) is 12.4. The Balaban J connectivity index is 2.10. The van der Waals surface area contributed by atoms with Crippen LogP contribution >= 0.6 is 0 Å². The van der Waals surface area contributed by atoms with E-state index in [1.807, 2.05) is 13.8 Å². The molecule has 0 aliphatic carbocycles. The first-order valence-electron chi connectivity index (χ1n) is 7.93. The summed E-state index contributed by atoms with van der Waals surface area (Å²) >= 11 is 0. The molecule has 0 bridgehead atoms. The lowest BCUT2D eigenvalue weighted by Crippen LogP contribution is -2.20. The van der Waals surface area contributed by atoms with Gasteiger partial charge in [0.25, 0.3) is 5.69 Å². The van der Waals surface area contributed by atoms with Crippen molar-refractivity contribution in [2.75, 3.05) is 0 Å². The van der Waals surface area contributed by atoms with E-state index in [4.69, 9.17) is 4.99 Å². The molecule has 0 radical (unpaired) electrons. The van der Waals surface area contributed by atoms with E-state index in [9.17, 15) is 14.5 Å². The molecule has 0 unspecified atom stereocenters. The number of nitrogens with zero attached hydrogens (tertiary/aromatic N) is 5. The molecule has 2 heterocycles. The van der Waals surface area contributed by atoms with Gasteiger partial charge in [-0.05, 0) is 32.0 Å². The number of rotatable bonds is 2. The maximum absolute atomic E-state index is 14.5. The van der Waals surface area contributed by atoms with Gasteiger partial charge in [0, 0.05) is 23.3 Å². The summed E-state index contributed by atoms with van der Waals surface area (Å²) < 4.78 is 16.2. The molecule has 0 saturated carbocycles. The minimum atomic E-state index is -0.804. The highest BCUT2D eigenvalue weighted by Gasteiger charge is 2.33. The van der Waals surface area contributed by atoms with Crippen LogP contribution in [0.1, 0.15) is 30.8 Å². The van der Waals surface area contributed by atoms with Gasteiger partial charge >= 0.3 is 0 Å². The van der Waals surface area contributed by atoms with Crippen LogP contribution in [0.3, 0.4) is 0 Å². The molecule has 0 fully saturated rings. The van der Waals surface area contributed by atoms with Crippen LogP contribution in [0.25, 0.3) is 5.69 Å². The molecule has 26 heavy (non-hydrogen) atoms. The number of nitro groups is 1. The van der Waals surface area contributed by atoms with E-state index in [0.29, 0.717) is 22.8 Å². The van der Waals surface area contributed by atoms with Gasteiger partial charge in [-0.1, -0.05) is 12.1 Å². The number of aromatic nitrogens is 3. The van der Waals surface area contributed by atoms with Gasteiger partial charge in [-0.2, -0.15) is 0 Å². The smallest absolute Gasteiger partial charge is 0.270 e. The molecular formula is C18H14FN5O2. The number of fused-ring (bicyclic) bond motifs is 3. The molecule has 0 N–H and O–H groups in total. The second kappa shape index (κ2) is 5.55. The number of hydrogen-bond donors (Lipinski definition) is 0. The molecule has 8 heteroatoms. The van der Waals surface area contributed by atoms with Crippen molar-refractivity contribution in [2.45, 2.75) is 19.4 Å². The molecule has 0 atom stereocenters. The summed E-state index contributed by atoms with van der Waals surface area (Å²) in [6.07, 6.45) is 1.53. The van der Waals surface area contributed by atoms with Crippen molar-refractivity contribution in [1.82, 2.24) is 14.8 Å². The van der Waals surface area contributed by atoms with Gasteiger partial charge < -0.3 is 0 Å². The lowest BCUT2D eigenvalue weighted by atomic mass is 9.98. The summed E-state index contributed by atoms with van der Waals surface area (Å²) in [5.74, 6) is 0.121. The molecule has 130 valence electrons. The number of benzene rings is 2. The van der Waals surface area contributed by atoms with Crippen LogP contribution < -0.4 is 0 Å². The summed E-state index contributed by atoms with van der Waals surface area (Å²) in [5.41, 5.74) is 0.793. The van der Waals surface area contributed by atoms with Crippen LogP contribution in [-0.4, -0.2) is 25.4 Å². The number of non-ortho nitro benzene ring substituents is 1. The standard InChI is InChI=1S/C18H14FN5O2/c1-18(2)17-22-20-10-23(17)15-8-7-11(24(25)26)9-13(15)16(21-18)12-5-3-4-6-14(12)19/h3-10H,1-2H3. The van der Waals surface area contributed by atoms with Gasteiger partial charge in [-0.3, -0.25) is 19.7 Å². The van der Waals surface area contributed by atoms with E-state index in [0.717, 1.165) is 0 Å². The van der Waals surface area contributed by atoms with Gasteiger partial charge in [0.1, 0.15) is 17.7 Å². The normalized spacial score (nSPS) is 14.8. The van der Waals surface area contributed by atoms with Crippen LogP contribution in [-0.2, 0) is 5.54 Å². The van der Waals surface area contributed by atoms with Gasteiger partial charge in [-0.25, -0.2) is 4.39 Å². The van der Waals surface area contributed by atoms with E-state index in [1.54, 1.807) is 28.8 Å². The van der Waals surface area contributed by atoms with Gasteiger partial charge in [0.2, 0.25) is 0 Å². The average molecular weight is 351 g/mol. The third-order valence-corrected chi connectivity index (χ3v) is 4.32. The van der Waals surface area contributed by atoms with Crippen molar-refractivity contribution in [1.29, 1.82) is 0 Å². The fourth-order valence-corrected chi connectivity index (χ4v) is 3.11. The van der Waals surface area contributed by atoms with E-state index in [-0.39, 0.29) is 11.3 Å². The molecule has 1 aliphatic rings. The number of nitro benzene ring substituents is 1. The largest absolute Gasteiger partial charge is 0.283 e. The van der Waals surface area contributed by atoms with Gasteiger partial charge in [0.15, 0.2) is 5.82 Å². The topological polar surface area (TPSA) is 86.2 Å². The Bertz CT molecular complexity index is 1070. The van der Waals surface area contributed by atoms with Crippen molar-refractivity contribution in [3.63, 3.8) is 0 Å². The SMILES string of the molecule is CC1(C)N=C(c2ccccc2F)c2cc([N+](=O)[O-])ccc2-n2cnnc21. The highest BCUT2D eigenvalue weighted by atomic mass is 19.1. The zero-order valence-electron chi connectivity index (χ0n) is 14.0. The Morgan fingerprint density at radius 2 is 1.92 bits per heavy atom. The fourth-order valence-electron chi connectivity index (χ4n) is 3.11. The van der Waals surface area contributed by atoms with Crippen LogP contribution in [0.2, 0.25) is 0 Å². The fraction of sp³-hybridized carbons (Fsp3) is 0.167.